The maximum atomic E-state index is 12.0. The number of likely N-dealkylation sites (tertiary alicyclic amines) is 1. The number of carbonyl (C=O) groups excluding carboxylic acids is 1. The number of piperidine rings is 1. The minimum absolute atomic E-state index is 0.0123. The number of pyridine rings is 2. The van der Waals surface area contributed by atoms with Gasteiger partial charge in [-0.25, -0.2) is 19.6 Å². The highest BCUT2D eigenvalue weighted by Gasteiger charge is 2.47. The van der Waals surface area contributed by atoms with Crippen molar-refractivity contribution in [2.24, 2.45) is 0 Å². The third kappa shape index (κ3) is 4.73. The van der Waals surface area contributed by atoms with Gasteiger partial charge in [-0.1, -0.05) is 12.6 Å². The maximum Gasteiger partial charge on any atom is 0.245 e. The number of aryl methyl sites for hydroxylation is 1. The Labute approximate surface area is 266 Å². The van der Waals surface area contributed by atoms with Crippen LogP contribution in [-0.2, 0) is 16.6 Å². The van der Waals surface area contributed by atoms with Crippen LogP contribution < -0.4 is 11.1 Å². The van der Waals surface area contributed by atoms with Crippen molar-refractivity contribution in [1.82, 2.24) is 39.5 Å². The zero-order valence-corrected chi connectivity index (χ0v) is 25.4. The van der Waals surface area contributed by atoms with Crippen LogP contribution in [0.5, 0.6) is 0 Å². The van der Waals surface area contributed by atoms with Crippen LogP contribution in [0, 0.1) is 11.3 Å². The second kappa shape index (κ2) is 10.9. The third-order valence-electron chi connectivity index (χ3n) is 9.73. The van der Waals surface area contributed by atoms with Gasteiger partial charge >= 0.3 is 0 Å². The molecule has 1 aliphatic heterocycles. The molecule has 0 unspecified atom stereocenters. The number of benzene rings is 1. The average Bonchev–Trinajstić information content (AvgIpc) is 3.38. The Bertz CT molecular complexity index is 2040. The molecular formula is C35H34N10O. The van der Waals surface area contributed by atoms with E-state index in [1.54, 1.807) is 10.9 Å². The largest absolute Gasteiger partial charge is 0.383 e. The van der Waals surface area contributed by atoms with Gasteiger partial charge in [0.05, 0.1) is 17.3 Å². The van der Waals surface area contributed by atoms with E-state index in [1.165, 1.54) is 17.2 Å². The minimum Gasteiger partial charge on any atom is -0.383 e. The lowest BCUT2D eigenvalue weighted by atomic mass is 10.0. The van der Waals surface area contributed by atoms with E-state index in [0.29, 0.717) is 29.1 Å². The van der Waals surface area contributed by atoms with Crippen LogP contribution in [0.15, 0.2) is 73.6 Å². The number of nitriles is 1. The van der Waals surface area contributed by atoms with Gasteiger partial charge in [-0.2, -0.15) is 10.4 Å². The normalized spacial score (nSPS) is 18.8. The first-order chi connectivity index (χ1) is 22.5. The van der Waals surface area contributed by atoms with Crippen LogP contribution in [0.2, 0.25) is 0 Å². The Kier molecular flexibility index (Phi) is 6.69. The van der Waals surface area contributed by atoms with Crippen LogP contribution in [0.25, 0.3) is 34.1 Å². The molecule has 1 saturated heterocycles. The number of hydrogen-bond donors (Lipinski definition) is 2. The molecule has 2 aliphatic carbocycles. The molecule has 3 N–H and O–H groups in total. The molecule has 4 aromatic heterocycles. The molecule has 0 radical (unpaired) electrons. The Morgan fingerprint density at radius 2 is 1.96 bits per heavy atom. The fraction of sp³-hybridized carbons (Fsp3) is 0.314. The van der Waals surface area contributed by atoms with Crippen molar-refractivity contribution in [2.45, 2.75) is 56.0 Å². The van der Waals surface area contributed by atoms with Crippen LogP contribution >= 0.6 is 0 Å². The molecule has 3 aliphatic rings. The SMILES string of the molecule is C=CC(=O)N1CCC(N[C@H]2CCc3cc(-n4c(-c5cccnc5N)nc5ccc(-n6ccc(C7(C#N)CC7)n6)nc54)ccc32)CC1. The molecule has 5 aromatic rings. The molecule has 2 fully saturated rings. The second-order valence-electron chi connectivity index (χ2n) is 12.5. The number of nitrogen functional groups attached to an aromatic ring is 1. The number of nitrogens with zero attached hydrogens (tertiary/aromatic N) is 8. The van der Waals surface area contributed by atoms with Crippen molar-refractivity contribution in [2.75, 3.05) is 18.8 Å². The summed E-state index contributed by atoms with van der Waals surface area (Å²) in [5.41, 5.74) is 12.4. The van der Waals surface area contributed by atoms with E-state index >= 15 is 0 Å². The van der Waals surface area contributed by atoms with Crippen molar-refractivity contribution < 1.29 is 4.79 Å². The lowest BCUT2D eigenvalue weighted by molar-refractivity contribution is -0.127. The number of imidazole rings is 1. The molecule has 11 nitrogen and oxygen atoms in total. The van der Waals surface area contributed by atoms with Crippen LogP contribution in [0.3, 0.4) is 0 Å². The van der Waals surface area contributed by atoms with Crippen LogP contribution in [0.1, 0.15) is 55.0 Å². The number of hydrogen-bond acceptors (Lipinski definition) is 8. The molecule has 11 heteroatoms. The molecule has 46 heavy (non-hydrogen) atoms. The number of aromatic nitrogens is 6. The minimum atomic E-state index is -0.471. The average molecular weight is 611 g/mol. The van der Waals surface area contributed by atoms with Gasteiger partial charge in [-0.15, -0.1) is 0 Å². The van der Waals surface area contributed by atoms with Gasteiger partial charge in [-0.3, -0.25) is 9.36 Å². The van der Waals surface area contributed by atoms with E-state index in [9.17, 15) is 10.1 Å². The summed E-state index contributed by atoms with van der Waals surface area (Å²) in [6.45, 7) is 5.13. The summed E-state index contributed by atoms with van der Waals surface area (Å²) in [7, 11) is 0. The number of nitrogens with one attached hydrogen (secondary N) is 1. The molecule has 0 spiro atoms. The Morgan fingerprint density at radius 1 is 1.11 bits per heavy atom. The molecule has 0 bridgehead atoms. The lowest BCUT2D eigenvalue weighted by Gasteiger charge is -2.33. The van der Waals surface area contributed by atoms with E-state index < -0.39 is 5.41 Å². The van der Waals surface area contributed by atoms with E-state index in [4.69, 9.17) is 20.8 Å². The molecule has 8 rings (SSSR count). The molecule has 1 saturated carbocycles. The summed E-state index contributed by atoms with van der Waals surface area (Å²) < 4.78 is 3.79. The molecule has 1 amide bonds. The second-order valence-corrected chi connectivity index (χ2v) is 12.5. The third-order valence-corrected chi connectivity index (χ3v) is 9.73. The van der Waals surface area contributed by atoms with E-state index in [2.05, 4.69) is 45.7 Å². The number of anilines is 1. The standard InChI is InChI=1S/C35H34N10O/c1-2-31(46)43-17-11-23(12-18-43)39-27-8-5-22-20-24(6-7-25(22)27)45-33(26-4-3-16-38-32(26)37)40-28-9-10-30(41-34(28)45)44-19-13-29(42-44)35(21-36)14-15-35/h2-4,6-7,9-10,13,16,19-20,23,27,39H,1,5,8,11-12,14-15,17-18H2,(H2,37,38)/t27-/m0/s1. The van der Waals surface area contributed by atoms with E-state index in [0.717, 1.165) is 74.1 Å². The number of rotatable bonds is 7. The van der Waals surface area contributed by atoms with Crippen LogP contribution in [-0.4, -0.2) is 59.2 Å². The Morgan fingerprint density at radius 3 is 2.72 bits per heavy atom. The van der Waals surface area contributed by atoms with Crippen LogP contribution in [0.4, 0.5) is 5.82 Å². The van der Waals surface area contributed by atoms with Gasteiger partial charge in [0.1, 0.15) is 16.7 Å². The maximum absolute atomic E-state index is 12.0. The molecule has 5 heterocycles. The summed E-state index contributed by atoms with van der Waals surface area (Å²) in [5, 5.41) is 18.3. The first kappa shape index (κ1) is 28.2. The fourth-order valence-corrected chi connectivity index (χ4v) is 6.96. The molecule has 1 atom stereocenters. The summed E-state index contributed by atoms with van der Waals surface area (Å²) >= 11 is 0. The topological polar surface area (TPSA) is 144 Å². The lowest BCUT2D eigenvalue weighted by Crippen LogP contribution is -2.45. The Balaban J connectivity index is 1.15. The first-order valence-electron chi connectivity index (χ1n) is 15.8. The predicted molar refractivity (Wildman–Crippen MR) is 174 cm³/mol. The van der Waals surface area contributed by atoms with Crippen molar-refractivity contribution in [3.05, 3.63) is 90.4 Å². The molecule has 1 aromatic carbocycles. The zero-order chi connectivity index (χ0) is 31.4. The van der Waals surface area contributed by atoms with Gasteiger partial charge in [0.15, 0.2) is 17.3 Å². The highest BCUT2D eigenvalue weighted by Crippen LogP contribution is 2.46. The van der Waals surface area contributed by atoms with Gasteiger partial charge in [0, 0.05) is 43.3 Å². The van der Waals surface area contributed by atoms with Gasteiger partial charge in [0.25, 0.3) is 0 Å². The highest BCUT2D eigenvalue weighted by atomic mass is 16.2. The molecular weight excluding hydrogens is 576 g/mol. The van der Waals surface area contributed by atoms with Crippen molar-refractivity contribution >= 4 is 22.9 Å². The number of amides is 1. The summed E-state index contributed by atoms with van der Waals surface area (Å²) in [6, 6.07) is 19.2. The van der Waals surface area contributed by atoms with Gasteiger partial charge in [0.2, 0.25) is 5.91 Å². The zero-order valence-electron chi connectivity index (χ0n) is 25.4. The number of fused-ring (bicyclic) bond motifs is 2. The van der Waals surface area contributed by atoms with Crippen molar-refractivity contribution in [3.8, 4) is 29.0 Å². The fourth-order valence-electron chi connectivity index (χ4n) is 6.96. The monoisotopic (exact) mass is 610 g/mol. The number of carbonyl (C=O) groups is 1. The van der Waals surface area contributed by atoms with Crippen molar-refractivity contribution in [1.29, 1.82) is 5.26 Å². The summed E-state index contributed by atoms with van der Waals surface area (Å²) in [6.07, 6.45) is 10.5. The quantitative estimate of drug-likeness (QED) is 0.255. The predicted octanol–water partition coefficient (Wildman–Crippen LogP) is 4.56. The van der Waals surface area contributed by atoms with Gasteiger partial charge in [-0.05, 0) is 98.2 Å². The van der Waals surface area contributed by atoms with Gasteiger partial charge < -0.3 is 16.0 Å². The smallest absolute Gasteiger partial charge is 0.245 e. The Hall–Kier alpha value is -5.34. The van der Waals surface area contributed by atoms with Crippen molar-refractivity contribution in [3.63, 3.8) is 0 Å². The summed E-state index contributed by atoms with van der Waals surface area (Å²) in [5.74, 6) is 1.72. The first-order valence-corrected chi connectivity index (χ1v) is 15.8. The summed E-state index contributed by atoms with van der Waals surface area (Å²) in [4.78, 5) is 28.3. The number of nitrogens with two attached hydrogens (primary N) is 1. The van der Waals surface area contributed by atoms with E-state index in [1.807, 2.05) is 41.4 Å². The van der Waals surface area contributed by atoms with E-state index in [-0.39, 0.29) is 11.9 Å². The highest BCUT2D eigenvalue weighted by molar-refractivity contribution is 5.87. The molecule has 230 valence electrons.